The van der Waals surface area contributed by atoms with Crippen LogP contribution >= 0.6 is 11.6 Å². The van der Waals surface area contributed by atoms with E-state index in [1.807, 2.05) is 6.20 Å². The number of hydrogen-bond donors (Lipinski definition) is 3. The van der Waals surface area contributed by atoms with Crippen LogP contribution in [0, 0.1) is 0 Å². The molecule has 1 aliphatic carbocycles. The Morgan fingerprint density at radius 1 is 1.38 bits per heavy atom. The average molecular weight is 349 g/mol. The number of rotatable bonds is 3. The van der Waals surface area contributed by atoms with Crippen molar-refractivity contribution in [1.82, 2.24) is 15.5 Å². The van der Waals surface area contributed by atoms with Crippen molar-refractivity contribution < 1.29 is 14.3 Å². The number of carbonyl (C=O) groups excluding carboxylic acids is 2. The van der Waals surface area contributed by atoms with Gasteiger partial charge in [0.05, 0.1) is 18.9 Å². The zero-order chi connectivity index (χ0) is 17.1. The highest BCUT2D eigenvalue weighted by atomic mass is 35.5. The Kier molecular flexibility index (Phi) is 4.71. The summed E-state index contributed by atoms with van der Waals surface area (Å²) in [4.78, 5) is 23.8. The standard InChI is InChI=1S/C16H17ClN4O3/c1-24-15(22)10-4-11(17)6-13(5-10)20-16(23)19-12-3-2-9-8-18-21-14(9)7-12/h4-6,8,12H,2-3,7H2,1H3,(H,18,21)(H2,19,20,23)/t12-/m1/s1. The minimum atomic E-state index is -0.514. The molecule has 0 bridgehead atoms. The van der Waals surface area contributed by atoms with Gasteiger partial charge in [-0.3, -0.25) is 5.10 Å². The lowest BCUT2D eigenvalue weighted by molar-refractivity contribution is 0.0600. The zero-order valence-corrected chi connectivity index (χ0v) is 13.8. The summed E-state index contributed by atoms with van der Waals surface area (Å²) >= 11 is 5.98. The number of H-pyrrole nitrogens is 1. The average Bonchev–Trinajstić information content (AvgIpc) is 3.01. The summed E-state index contributed by atoms with van der Waals surface area (Å²) in [6.45, 7) is 0. The van der Waals surface area contributed by atoms with Crippen molar-refractivity contribution in [2.75, 3.05) is 12.4 Å². The first-order chi connectivity index (χ1) is 11.5. The fraction of sp³-hybridized carbons (Fsp3) is 0.312. The molecule has 1 atom stereocenters. The number of nitrogens with zero attached hydrogens (tertiary/aromatic N) is 1. The Labute approximate surface area is 143 Å². The fourth-order valence-corrected chi connectivity index (χ4v) is 3.02. The van der Waals surface area contributed by atoms with Crippen LogP contribution in [0.5, 0.6) is 0 Å². The number of aromatic nitrogens is 2. The van der Waals surface area contributed by atoms with Gasteiger partial charge in [-0.25, -0.2) is 9.59 Å². The van der Waals surface area contributed by atoms with Crippen molar-refractivity contribution in [1.29, 1.82) is 0 Å². The van der Waals surface area contributed by atoms with E-state index in [4.69, 9.17) is 11.6 Å². The van der Waals surface area contributed by atoms with Crippen LogP contribution in [0.4, 0.5) is 10.5 Å². The largest absolute Gasteiger partial charge is 0.465 e. The lowest BCUT2D eigenvalue weighted by atomic mass is 9.94. The molecule has 1 heterocycles. The first-order valence-corrected chi connectivity index (χ1v) is 7.90. The number of amides is 2. The van der Waals surface area contributed by atoms with Gasteiger partial charge < -0.3 is 15.4 Å². The van der Waals surface area contributed by atoms with E-state index in [0.717, 1.165) is 18.5 Å². The molecule has 7 nitrogen and oxygen atoms in total. The van der Waals surface area contributed by atoms with Crippen LogP contribution in [0.15, 0.2) is 24.4 Å². The Morgan fingerprint density at radius 3 is 3.00 bits per heavy atom. The maximum atomic E-state index is 12.2. The molecule has 0 aliphatic heterocycles. The molecular formula is C16H17ClN4O3. The molecule has 2 amide bonds. The van der Waals surface area contributed by atoms with Crippen LogP contribution in [0.2, 0.25) is 5.02 Å². The van der Waals surface area contributed by atoms with Crippen molar-refractivity contribution in [2.24, 2.45) is 0 Å². The van der Waals surface area contributed by atoms with Crippen LogP contribution in [0.25, 0.3) is 0 Å². The molecule has 8 heteroatoms. The number of fused-ring (bicyclic) bond motifs is 1. The molecule has 0 spiro atoms. The predicted octanol–water partition coefficient (Wildman–Crippen LogP) is 2.53. The molecule has 0 radical (unpaired) electrons. The minimum Gasteiger partial charge on any atom is -0.465 e. The topological polar surface area (TPSA) is 96.1 Å². The molecule has 1 aromatic carbocycles. The lowest BCUT2D eigenvalue weighted by Crippen LogP contribution is -2.41. The molecule has 0 saturated carbocycles. The number of urea groups is 1. The van der Waals surface area contributed by atoms with E-state index in [9.17, 15) is 9.59 Å². The molecule has 0 fully saturated rings. The van der Waals surface area contributed by atoms with Gasteiger partial charge in [-0.1, -0.05) is 11.6 Å². The van der Waals surface area contributed by atoms with Crippen molar-refractivity contribution in [2.45, 2.75) is 25.3 Å². The maximum absolute atomic E-state index is 12.2. The van der Waals surface area contributed by atoms with E-state index in [1.165, 1.54) is 24.8 Å². The van der Waals surface area contributed by atoms with Gasteiger partial charge in [0.25, 0.3) is 0 Å². The summed E-state index contributed by atoms with van der Waals surface area (Å²) in [5.41, 5.74) is 2.96. The smallest absolute Gasteiger partial charge is 0.337 e. The molecular weight excluding hydrogens is 332 g/mol. The molecule has 24 heavy (non-hydrogen) atoms. The summed E-state index contributed by atoms with van der Waals surface area (Å²) in [7, 11) is 1.29. The number of halogens is 1. The third-order valence-electron chi connectivity index (χ3n) is 3.93. The van der Waals surface area contributed by atoms with E-state index in [0.29, 0.717) is 17.1 Å². The Balaban J connectivity index is 1.63. The highest BCUT2D eigenvalue weighted by Crippen LogP contribution is 2.21. The van der Waals surface area contributed by atoms with Crippen LogP contribution in [0.1, 0.15) is 28.0 Å². The Bertz CT molecular complexity index is 774. The molecule has 1 aliphatic rings. The van der Waals surface area contributed by atoms with Crippen molar-refractivity contribution >= 4 is 29.3 Å². The second kappa shape index (κ2) is 6.92. The molecule has 3 rings (SSSR count). The summed E-state index contributed by atoms with van der Waals surface area (Å²) in [6, 6.07) is 4.25. The summed E-state index contributed by atoms with van der Waals surface area (Å²) in [6.07, 6.45) is 4.26. The third-order valence-corrected chi connectivity index (χ3v) is 4.15. The van der Waals surface area contributed by atoms with Gasteiger partial charge in [0.2, 0.25) is 0 Å². The van der Waals surface area contributed by atoms with Gasteiger partial charge >= 0.3 is 12.0 Å². The van der Waals surface area contributed by atoms with Crippen LogP contribution < -0.4 is 10.6 Å². The number of methoxy groups -OCH3 is 1. The van der Waals surface area contributed by atoms with E-state index >= 15 is 0 Å². The number of ether oxygens (including phenoxy) is 1. The SMILES string of the molecule is COC(=O)c1cc(Cl)cc(NC(=O)N[C@@H]2CCc3cn[nH]c3C2)c1. The minimum absolute atomic E-state index is 0.0252. The third kappa shape index (κ3) is 3.68. The molecule has 3 N–H and O–H groups in total. The van der Waals surface area contributed by atoms with E-state index in [1.54, 1.807) is 6.07 Å². The number of anilines is 1. The summed E-state index contributed by atoms with van der Waals surface area (Å²) in [5, 5.41) is 12.9. The molecule has 1 aromatic heterocycles. The Morgan fingerprint density at radius 2 is 2.21 bits per heavy atom. The van der Waals surface area contributed by atoms with Crippen molar-refractivity contribution in [3.63, 3.8) is 0 Å². The van der Waals surface area contributed by atoms with Crippen molar-refractivity contribution in [3.8, 4) is 0 Å². The van der Waals surface area contributed by atoms with Gasteiger partial charge in [-0.05, 0) is 36.6 Å². The van der Waals surface area contributed by atoms with Crippen LogP contribution in [0.3, 0.4) is 0 Å². The van der Waals surface area contributed by atoms with Crippen LogP contribution in [-0.2, 0) is 17.6 Å². The lowest BCUT2D eigenvalue weighted by Gasteiger charge is -2.23. The van der Waals surface area contributed by atoms with Crippen LogP contribution in [-0.4, -0.2) is 35.3 Å². The monoisotopic (exact) mass is 348 g/mol. The predicted molar refractivity (Wildman–Crippen MR) is 89.3 cm³/mol. The number of aryl methyl sites for hydroxylation is 1. The van der Waals surface area contributed by atoms with Gasteiger partial charge in [0, 0.05) is 28.9 Å². The van der Waals surface area contributed by atoms with Crippen molar-refractivity contribution in [3.05, 3.63) is 46.2 Å². The number of aromatic amines is 1. The normalized spacial score (nSPS) is 16.2. The Hall–Kier alpha value is -2.54. The highest BCUT2D eigenvalue weighted by Gasteiger charge is 2.21. The second-order valence-electron chi connectivity index (χ2n) is 5.63. The molecule has 0 saturated heterocycles. The summed E-state index contributed by atoms with van der Waals surface area (Å²) < 4.78 is 4.66. The van der Waals surface area contributed by atoms with Gasteiger partial charge in [-0.2, -0.15) is 5.10 Å². The molecule has 126 valence electrons. The van der Waals surface area contributed by atoms with Gasteiger partial charge in [0.1, 0.15) is 0 Å². The first kappa shape index (κ1) is 16.3. The number of hydrogen-bond acceptors (Lipinski definition) is 4. The number of esters is 1. The van der Waals surface area contributed by atoms with E-state index in [2.05, 4.69) is 25.6 Å². The van der Waals surface area contributed by atoms with Gasteiger partial charge in [0.15, 0.2) is 0 Å². The fourth-order valence-electron chi connectivity index (χ4n) is 2.78. The highest BCUT2D eigenvalue weighted by molar-refractivity contribution is 6.31. The maximum Gasteiger partial charge on any atom is 0.337 e. The zero-order valence-electron chi connectivity index (χ0n) is 13.1. The molecule has 0 unspecified atom stereocenters. The van der Waals surface area contributed by atoms with E-state index < -0.39 is 5.97 Å². The number of carbonyl (C=O) groups is 2. The van der Waals surface area contributed by atoms with E-state index in [-0.39, 0.29) is 17.6 Å². The molecule has 2 aromatic rings. The first-order valence-electron chi connectivity index (χ1n) is 7.52. The number of benzene rings is 1. The quantitative estimate of drug-likeness (QED) is 0.742. The number of nitrogens with one attached hydrogen (secondary N) is 3. The second-order valence-corrected chi connectivity index (χ2v) is 6.07. The van der Waals surface area contributed by atoms with Gasteiger partial charge in [-0.15, -0.1) is 0 Å². The summed E-state index contributed by atoms with van der Waals surface area (Å²) in [5.74, 6) is -0.514.